The van der Waals surface area contributed by atoms with E-state index in [9.17, 15) is 4.79 Å². The van der Waals surface area contributed by atoms with Crippen molar-refractivity contribution in [2.24, 2.45) is 0 Å². The number of likely N-dealkylation sites (tertiary alicyclic amines) is 1. The highest BCUT2D eigenvalue weighted by Crippen LogP contribution is 2.12. The quantitative estimate of drug-likeness (QED) is 0.813. The number of nitrogens with zero attached hydrogens (tertiary/aromatic N) is 1. The molecule has 1 amide bonds. The van der Waals surface area contributed by atoms with Crippen molar-refractivity contribution in [2.75, 3.05) is 32.8 Å². The summed E-state index contributed by atoms with van der Waals surface area (Å²) in [7, 11) is 0. The van der Waals surface area contributed by atoms with Crippen molar-refractivity contribution >= 4 is 18.3 Å². The van der Waals surface area contributed by atoms with Gasteiger partial charge in [0.25, 0.3) is 0 Å². The summed E-state index contributed by atoms with van der Waals surface area (Å²) in [5.41, 5.74) is 0. The van der Waals surface area contributed by atoms with E-state index in [0.717, 1.165) is 45.6 Å². The lowest BCUT2D eigenvalue weighted by Crippen LogP contribution is -2.42. The van der Waals surface area contributed by atoms with Crippen molar-refractivity contribution in [1.29, 1.82) is 0 Å². The van der Waals surface area contributed by atoms with E-state index in [-0.39, 0.29) is 24.4 Å². The molecule has 0 aromatic heterocycles. The number of hydrogen-bond acceptors (Lipinski definition) is 3. The van der Waals surface area contributed by atoms with Gasteiger partial charge >= 0.3 is 0 Å². The molecule has 2 aliphatic heterocycles. The van der Waals surface area contributed by atoms with Crippen molar-refractivity contribution in [3.05, 3.63) is 0 Å². The maximum absolute atomic E-state index is 12.0. The summed E-state index contributed by atoms with van der Waals surface area (Å²) in [6, 6.07) is 0. The normalized spacial score (nSPS) is 25.9. The molecule has 0 saturated carbocycles. The summed E-state index contributed by atoms with van der Waals surface area (Å²) in [6.45, 7) is 4.35. The van der Waals surface area contributed by atoms with Crippen molar-refractivity contribution in [1.82, 2.24) is 10.2 Å². The highest BCUT2D eigenvalue weighted by Gasteiger charge is 2.21. The Hall–Kier alpha value is -0.320. The lowest BCUT2D eigenvalue weighted by atomic mass is 10.2. The minimum Gasteiger partial charge on any atom is -0.375 e. The molecule has 5 heteroatoms. The molecular formula is C12H23ClN2O2. The molecule has 4 nitrogen and oxygen atoms in total. The molecule has 0 radical (unpaired) electrons. The fraction of sp³-hybridized carbons (Fsp3) is 0.917. The SMILES string of the molecule is Cl.O=C(CC1CNCCO1)N1CCCCCC1. The van der Waals surface area contributed by atoms with E-state index in [1.165, 1.54) is 12.8 Å². The Morgan fingerprint density at radius 2 is 1.94 bits per heavy atom. The maximum atomic E-state index is 12.0. The third-order valence-corrected chi connectivity index (χ3v) is 3.37. The number of hydrogen-bond donors (Lipinski definition) is 1. The zero-order valence-corrected chi connectivity index (χ0v) is 11.1. The van der Waals surface area contributed by atoms with E-state index in [1.54, 1.807) is 0 Å². The van der Waals surface area contributed by atoms with Crippen molar-refractivity contribution in [2.45, 2.75) is 38.2 Å². The Kier molecular flexibility index (Phi) is 6.85. The molecule has 0 spiro atoms. The molecule has 17 heavy (non-hydrogen) atoms. The van der Waals surface area contributed by atoms with Gasteiger partial charge < -0.3 is 15.0 Å². The van der Waals surface area contributed by atoms with Gasteiger partial charge in [-0.3, -0.25) is 4.79 Å². The molecule has 2 heterocycles. The first-order chi connectivity index (χ1) is 7.86. The smallest absolute Gasteiger partial charge is 0.225 e. The van der Waals surface area contributed by atoms with Crippen LogP contribution in [0.3, 0.4) is 0 Å². The largest absolute Gasteiger partial charge is 0.375 e. The van der Waals surface area contributed by atoms with E-state index < -0.39 is 0 Å². The van der Waals surface area contributed by atoms with Gasteiger partial charge in [0.05, 0.1) is 19.1 Å². The summed E-state index contributed by atoms with van der Waals surface area (Å²) >= 11 is 0. The van der Waals surface area contributed by atoms with Crippen LogP contribution in [0.25, 0.3) is 0 Å². The summed E-state index contributed by atoms with van der Waals surface area (Å²) in [6.07, 6.45) is 5.50. The highest BCUT2D eigenvalue weighted by atomic mass is 35.5. The third-order valence-electron chi connectivity index (χ3n) is 3.37. The van der Waals surface area contributed by atoms with E-state index in [4.69, 9.17) is 4.74 Å². The molecule has 2 saturated heterocycles. The number of carbonyl (C=O) groups excluding carboxylic acids is 1. The number of amides is 1. The van der Waals surface area contributed by atoms with Crippen LogP contribution < -0.4 is 5.32 Å². The summed E-state index contributed by atoms with van der Waals surface area (Å²) < 4.78 is 5.56. The van der Waals surface area contributed by atoms with E-state index in [0.29, 0.717) is 6.42 Å². The molecule has 2 fully saturated rings. The lowest BCUT2D eigenvalue weighted by Gasteiger charge is -2.26. The molecule has 0 aromatic carbocycles. The van der Waals surface area contributed by atoms with Crippen LogP contribution in [0.2, 0.25) is 0 Å². The zero-order chi connectivity index (χ0) is 11.2. The van der Waals surface area contributed by atoms with Crippen molar-refractivity contribution in [3.63, 3.8) is 0 Å². The first kappa shape index (κ1) is 14.7. The van der Waals surface area contributed by atoms with Crippen LogP contribution in [0.1, 0.15) is 32.1 Å². The standard InChI is InChI=1S/C12H22N2O2.ClH/c15-12(9-11-10-13-5-8-16-11)14-6-3-1-2-4-7-14;/h11,13H,1-10H2;1H. The Morgan fingerprint density at radius 3 is 2.53 bits per heavy atom. The van der Waals surface area contributed by atoms with Gasteiger partial charge in [0, 0.05) is 26.2 Å². The second-order valence-corrected chi connectivity index (χ2v) is 4.70. The predicted octanol–water partition coefficient (Wildman–Crippen LogP) is 1.19. The molecule has 2 aliphatic rings. The number of carbonyl (C=O) groups is 1. The number of halogens is 1. The summed E-state index contributed by atoms with van der Waals surface area (Å²) in [5.74, 6) is 0.274. The average Bonchev–Trinajstić information content (AvgIpc) is 2.59. The Bertz CT molecular complexity index is 225. The zero-order valence-electron chi connectivity index (χ0n) is 10.3. The van der Waals surface area contributed by atoms with Crippen LogP contribution in [-0.2, 0) is 9.53 Å². The van der Waals surface area contributed by atoms with Gasteiger partial charge in [-0.25, -0.2) is 0 Å². The van der Waals surface area contributed by atoms with Gasteiger partial charge in [0.2, 0.25) is 5.91 Å². The van der Waals surface area contributed by atoms with Gasteiger partial charge in [-0.05, 0) is 12.8 Å². The van der Waals surface area contributed by atoms with Gasteiger partial charge in [-0.1, -0.05) is 12.8 Å². The second kappa shape index (κ2) is 7.90. The molecule has 0 aromatic rings. The molecule has 100 valence electrons. The van der Waals surface area contributed by atoms with Crippen LogP contribution >= 0.6 is 12.4 Å². The average molecular weight is 263 g/mol. The molecule has 2 rings (SSSR count). The van der Waals surface area contributed by atoms with Crippen molar-refractivity contribution < 1.29 is 9.53 Å². The third kappa shape index (κ3) is 4.82. The van der Waals surface area contributed by atoms with E-state index in [1.807, 2.05) is 4.90 Å². The van der Waals surface area contributed by atoms with Crippen LogP contribution in [0.5, 0.6) is 0 Å². The first-order valence-electron chi connectivity index (χ1n) is 6.46. The van der Waals surface area contributed by atoms with Gasteiger partial charge in [-0.2, -0.15) is 0 Å². The molecule has 0 bridgehead atoms. The fourth-order valence-corrected chi connectivity index (χ4v) is 2.39. The molecule has 0 aliphatic carbocycles. The van der Waals surface area contributed by atoms with Crippen LogP contribution in [-0.4, -0.2) is 49.7 Å². The van der Waals surface area contributed by atoms with Crippen LogP contribution in [0.4, 0.5) is 0 Å². The molecule has 1 N–H and O–H groups in total. The molecule has 1 unspecified atom stereocenters. The van der Waals surface area contributed by atoms with Gasteiger partial charge in [-0.15, -0.1) is 12.4 Å². The Morgan fingerprint density at radius 1 is 1.24 bits per heavy atom. The van der Waals surface area contributed by atoms with Gasteiger partial charge in [0.15, 0.2) is 0 Å². The summed E-state index contributed by atoms with van der Waals surface area (Å²) in [5, 5.41) is 3.26. The Labute approximate surface area is 109 Å². The number of nitrogens with one attached hydrogen (secondary N) is 1. The minimum absolute atomic E-state index is 0. The lowest BCUT2D eigenvalue weighted by molar-refractivity contribution is -0.134. The molecular weight excluding hydrogens is 240 g/mol. The highest BCUT2D eigenvalue weighted by molar-refractivity contribution is 5.85. The van der Waals surface area contributed by atoms with Crippen LogP contribution in [0, 0.1) is 0 Å². The van der Waals surface area contributed by atoms with Crippen LogP contribution in [0.15, 0.2) is 0 Å². The predicted molar refractivity (Wildman–Crippen MR) is 69.5 cm³/mol. The van der Waals surface area contributed by atoms with Gasteiger partial charge in [0.1, 0.15) is 0 Å². The Balaban J connectivity index is 0.00000144. The topological polar surface area (TPSA) is 41.6 Å². The monoisotopic (exact) mass is 262 g/mol. The molecule has 1 atom stereocenters. The second-order valence-electron chi connectivity index (χ2n) is 4.70. The number of rotatable bonds is 2. The maximum Gasteiger partial charge on any atom is 0.225 e. The van der Waals surface area contributed by atoms with E-state index in [2.05, 4.69) is 5.32 Å². The van der Waals surface area contributed by atoms with E-state index >= 15 is 0 Å². The fourth-order valence-electron chi connectivity index (χ4n) is 2.39. The number of morpholine rings is 1. The number of ether oxygens (including phenoxy) is 1. The van der Waals surface area contributed by atoms with Crippen molar-refractivity contribution in [3.8, 4) is 0 Å². The summed E-state index contributed by atoms with van der Waals surface area (Å²) in [4.78, 5) is 14.1. The first-order valence-corrected chi connectivity index (χ1v) is 6.46. The minimum atomic E-state index is 0.